The van der Waals surface area contributed by atoms with Crippen molar-refractivity contribution in [2.24, 2.45) is 0 Å². The molecule has 5 nitrogen and oxygen atoms in total. The lowest BCUT2D eigenvalue weighted by molar-refractivity contribution is 0.540. The van der Waals surface area contributed by atoms with Gasteiger partial charge in [-0.25, -0.2) is 13.4 Å². The predicted molar refractivity (Wildman–Crippen MR) is 61.6 cm³/mol. The molecule has 16 heavy (non-hydrogen) atoms. The number of sulfone groups is 1. The van der Waals surface area contributed by atoms with E-state index in [9.17, 15) is 8.42 Å². The van der Waals surface area contributed by atoms with Crippen molar-refractivity contribution in [1.29, 1.82) is 0 Å². The topological polar surface area (TPSA) is 86.2 Å². The Hall–Kier alpha value is -1.56. The summed E-state index contributed by atoms with van der Waals surface area (Å²) in [6, 6.07) is 5.02. The Morgan fingerprint density at radius 1 is 1.44 bits per heavy atom. The average Bonchev–Trinajstić information content (AvgIpc) is 2.58. The first-order valence-electron chi connectivity index (χ1n) is 4.85. The van der Waals surface area contributed by atoms with Gasteiger partial charge in [0.1, 0.15) is 11.3 Å². The summed E-state index contributed by atoms with van der Waals surface area (Å²) in [5.41, 5.74) is 7.30. The Kier molecular flexibility index (Phi) is 2.59. The average molecular weight is 240 g/mol. The summed E-state index contributed by atoms with van der Waals surface area (Å²) in [4.78, 5) is 4.08. The number of benzene rings is 1. The molecule has 0 aliphatic carbocycles. The number of aromatic nitrogens is 1. The van der Waals surface area contributed by atoms with Crippen molar-refractivity contribution in [2.45, 2.75) is 12.7 Å². The molecule has 0 aliphatic heterocycles. The highest BCUT2D eigenvalue weighted by molar-refractivity contribution is 7.90. The fraction of sp³-hybridized carbons (Fsp3) is 0.300. The fourth-order valence-electron chi connectivity index (χ4n) is 1.34. The number of nitrogens with zero attached hydrogens (tertiary/aromatic N) is 1. The third-order valence-corrected chi connectivity index (χ3v) is 3.81. The summed E-state index contributed by atoms with van der Waals surface area (Å²) in [7, 11) is -3.12. The lowest BCUT2D eigenvalue weighted by Gasteiger charge is -1.94. The van der Waals surface area contributed by atoms with Crippen LogP contribution in [0.25, 0.3) is 11.1 Å². The molecule has 0 unspecified atom stereocenters. The van der Waals surface area contributed by atoms with E-state index < -0.39 is 9.84 Å². The van der Waals surface area contributed by atoms with Gasteiger partial charge in [-0.15, -0.1) is 0 Å². The van der Waals surface area contributed by atoms with Gasteiger partial charge < -0.3 is 10.2 Å². The van der Waals surface area contributed by atoms with Crippen LogP contribution in [-0.4, -0.2) is 19.2 Å². The molecule has 0 fully saturated rings. The van der Waals surface area contributed by atoms with Crippen LogP contribution in [0.4, 0.5) is 5.69 Å². The largest absolute Gasteiger partial charge is 0.440 e. The molecule has 0 atom stereocenters. The summed E-state index contributed by atoms with van der Waals surface area (Å²) in [6.45, 7) is 1.59. The molecule has 6 heteroatoms. The Balaban J connectivity index is 2.40. The lowest BCUT2D eigenvalue weighted by atomic mass is 10.3. The minimum Gasteiger partial charge on any atom is -0.440 e. The van der Waals surface area contributed by atoms with Gasteiger partial charge in [-0.1, -0.05) is 6.92 Å². The Morgan fingerprint density at radius 3 is 2.88 bits per heavy atom. The van der Waals surface area contributed by atoms with Crippen molar-refractivity contribution in [2.75, 3.05) is 11.5 Å². The molecule has 0 spiro atoms. The molecular weight excluding hydrogens is 228 g/mol. The standard InChI is InChI=1S/C10H12N2O3S/c1-2-16(13,14)6-10-12-8-5-7(11)3-4-9(8)15-10/h3-5H,2,6,11H2,1H3. The minimum atomic E-state index is -3.12. The molecule has 0 aliphatic rings. The van der Waals surface area contributed by atoms with E-state index in [-0.39, 0.29) is 17.4 Å². The molecular formula is C10H12N2O3S. The highest BCUT2D eigenvalue weighted by atomic mass is 32.2. The number of nitrogens with two attached hydrogens (primary N) is 1. The fourth-order valence-corrected chi connectivity index (χ4v) is 2.05. The molecule has 0 bridgehead atoms. The highest BCUT2D eigenvalue weighted by Gasteiger charge is 2.14. The van der Waals surface area contributed by atoms with Crippen LogP contribution < -0.4 is 5.73 Å². The van der Waals surface area contributed by atoms with Crippen LogP contribution in [-0.2, 0) is 15.6 Å². The SMILES string of the molecule is CCS(=O)(=O)Cc1nc2cc(N)ccc2o1. The molecule has 0 amide bonds. The van der Waals surface area contributed by atoms with Crippen molar-refractivity contribution >= 4 is 26.6 Å². The van der Waals surface area contributed by atoms with Crippen molar-refractivity contribution in [3.05, 3.63) is 24.1 Å². The molecule has 86 valence electrons. The van der Waals surface area contributed by atoms with Crippen molar-refractivity contribution < 1.29 is 12.8 Å². The van der Waals surface area contributed by atoms with Gasteiger partial charge in [0.2, 0.25) is 5.89 Å². The number of nitrogen functional groups attached to an aromatic ring is 1. The van der Waals surface area contributed by atoms with E-state index >= 15 is 0 Å². The van der Waals surface area contributed by atoms with E-state index in [0.717, 1.165) is 0 Å². The van der Waals surface area contributed by atoms with Gasteiger partial charge in [0.15, 0.2) is 15.4 Å². The smallest absolute Gasteiger partial charge is 0.210 e. The van der Waals surface area contributed by atoms with Crippen LogP contribution in [0.2, 0.25) is 0 Å². The van der Waals surface area contributed by atoms with E-state index in [2.05, 4.69) is 4.98 Å². The molecule has 2 N–H and O–H groups in total. The summed E-state index contributed by atoms with van der Waals surface area (Å²) >= 11 is 0. The second kappa shape index (κ2) is 3.79. The monoisotopic (exact) mass is 240 g/mol. The maximum absolute atomic E-state index is 11.4. The molecule has 1 heterocycles. The molecule has 0 saturated carbocycles. The van der Waals surface area contributed by atoms with E-state index in [1.54, 1.807) is 25.1 Å². The number of rotatable bonds is 3. The summed E-state index contributed by atoms with van der Waals surface area (Å²) in [6.07, 6.45) is 0. The van der Waals surface area contributed by atoms with Crippen LogP contribution in [0.3, 0.4) is 0 Å². The molecule has 1 aromatic heterocycles. The van der Waals surface area contributed by atoms with E-state index in [1.807, 2.05) is 0 Å². The summed E-state index contributed by atoms with van der Waals surface area (Å²) in [5.74, 6) is 0.119. The minimum absolute atomic E-state index is 0.0772. The molecule has 0 radical (unpaired) electrons. The van der Waals surface area contributed by atoms with Gasteiger partial charge in [-0.2, -0.15) is 0 Å². The van der Waals surface area contributed by atoms with E-state index in [0.29, 0.717) is 16.8 Å². The summed E-state index contributed by atoms with van der Waals surface area (Å²) < 4.78 is 28.1. The maximum atomic E-state index is 11.4. The normalized spacial score (nSPS) is 12.1. The van der Waals surface area contributed by atoms with Crippen molar-refractivity contribution in [1.82, 2.24) is 4.98 Å². The van der Waals surface area contributed by atoms with Crippen molar-refractivity contribution in [3.63, 3.8) is 0 Å². The molecule has 1 aromatic carbocycles. The van der Waals surface area contributed by atoms with Crippen LogP contribution in [0.1, 0.15) is 12.8 Å². The van der Waals surface area contributed by atoms with Crippen LogP contribution in [0.5, 0.6) is 0 Å². The molecule has 0 saturated heterocycles. The Morgan fingerprint density at radius 2 is 2.19 bits per heavy atom. The molecule has 2 rings (SSSR count). The van der Waals surface area contributed by atoms with Crippen LogP contribution in [0, 0.1) is 0 Å². The third-order valence-electron chi connectivity index (χ3n) is 2.24. The quantitative estimate of drug-likeness (QED) is 0.818. The predicted octanol–water partition coefficient (Wildman–Crippen LogP) is 1.34. The molecule has 2 aromatic rings. The van der Waals surface area contributed by atoms with Gasteiger partial charge in [0.05, 0.1) is 0 Å². The lowest BCUT2D eigenvalue weighted by Crippen LogP contribution is -2.06. The number of fused-ring (bicyclic) bond motifs is 1. The number of hydrogen-bond donors (Lipinski definition) is 1. The van der Waals surface area contributed by atoms with Gasteiger partial charge in [-0.3, -0.25) is 0 Å². The first-order valence-corrected chi connectivity index (χ1v) is 6.67. The van der Waals surface area contributed by atoms with Gasteiger partial charge >= 0.3 is 0 Å². The van der Waals surface area contributed by atoms with Gasteiger partial charge in [0.25, 0.3) is 0 Å². The Bertz CT molecular complexity index is 616. The van der Waals surface area contributed by atoms with E-state index in [4.69, 9.17) is 10.2 Å². The third kappa shape index (κ3) is 2.16. The zero-order valence-corrected chi connectivity index (χ0v) is 9.62. The maximum Gasteiger partial charge on any atom is 0.210 e. The first-order chi connectivity index (χ1) is 7.50. The van der Waals surface area contributed by atoms with Crippen molar-refractivity contribution in [3.8, 4) is 0 Å². The van der Waals surface area contributed by atoms with Crippen LogP contribution >= 0.6 is 0 Å². The first kappa shape index (κ1) is 10.9. The number of hydrogen-bond acceptors (Lipinski definition) is 5. The number of anilines is 1. The second-order valence-electron chi connectivity index (χ2n) is 3.51. The van der Waals surface area contributed by atoms with E-state index in [1.165, 1.54) is 0 Å². The highest BCUT2D eigenvalue weighted by Crippen LogP contribution is 2.19. The van der Waals surface area contributed by atoms with Crippen LogP contribution in [0.15, 0.2) is 22.6 Å². The second-order valence-corrected chi connectivity index (χ2v) is 5.86. The summed E-state index contributed by atoms with van der Waals surface area (Å²) in [5, 5.41) is 0. The zero-order valence-electron chi connectivity index (χ0n) is 8.80. The van der Waals surface area contributed by atoms with Gasteiger partial charge in [-0.05, 0) is 18.2 Å². The van der Waals surface area contributed by atoms with Gasteiger partial charge in [0, 0.05) is 11.4 Å². The number of oxazole rings is 1. The Labute approximate surface area is 93.2 Å². The zero-order chi connectivity index (χ0) is 11.8.